The Balaban J connectivity index is 0. The average Bonchev–Trinajstić information content (AvgIpc) is 2.60. The van der Waals surface area contributed by atoms with Crippen LogP contribution in [0.25, 0.3) is 0 Å². The molecule has 0 aliphatic heterocycles. The monoisotopic (exact) mass is 338 g/mol. The second kappa shape index (κ2) is 24.3. The van der Waals surface area contributed by atoms with E-state index in [0.29, 0.717) is 6.42 Å². The highest BCUT2D eigenvalue weighted by atomic mass is 16.1. The van der Waals surface area contributed by atoms with Crippen molar-refractivity contribution in [3.8, 4) is 0 Å². The van der Waals surface area contributed by atoms with Crippen LogP contribution < -0.4 is 0 Å². The Bertz CT molecular complexity index is 282. The number of rotatable bonds is 16. The molecule has 24 heavy (non-hydrogen) atoms. The standard InChI is InChI=1S/C18H34O.C4H8O/c1-3-5-7-9-11-13-15-18(17-19)16-14-12-10-8-6-4-2;1-2-3-4-5/h15,17H,3-14,16H2,1-2H3;4H,2-3H2,1H3/b18-15+;. The van der Waals surface area contributed by atoms with Crippen LogP contribution in [0.3, 0.4) is 0 Å². The molecule has 0 atom stereocenters. The minimum atomic E-state index is 0.708. The van der Waals surface area contributed by atoms with E-state index in [1.54, 1.807) is 0 Å². The van der Waals surface area contributed by atoms with Gasteiger partial charge in [-0.1, -0.05) is 84.6 Å². The van der Waals surface area contributed by atoms with Gasteiger partial charge in [-0.15, -0.1) is 0 Å². The summed E-state index contributed by atoms with van der Waals surface area (Å²) in [5.74, 6) is 0. The molecule has 0 aliphatic rings. The number of allylic oxidation sites excluding steroid dienone is 2. The van der Waals surface area contributed by atoms with Crippen LogP contribution in [-0.2, 0) is 9.59 Å². The van der Waals surface area contributed by atoms with Crippen molar-refractivity contribution in [2.75, 3.05) is 0 Å². The number of aldehydes is 2. The third-order valence-corrected chi connectivity index (χ3v) is 4.09. The van der Waals surface area contributed by atoms with E-state index in [4.69, 9.17) is 0 Å². The van der Waals surface area contributed by atoms with Crippen LogP contribution in [0.4, 0.5) is 0 Å². The van der Waals surface area contributed by atoms with Gasteiger partial charge in [-0.2, -0.15) is 0 Å². The van der Waals surface area contributed by atoms with Crippen LogP contribution in [0.2, 0.25) is 0 Å². The molecule has 0 bridgehead atoms. The third kappa shape index (κ3) is 23.3. The molecule has 0 aromatic carbocycles. The number of unbranched alkanes of at least 4 members (excludes halogenated alkanes) is 11. The summed E-state index contributed by atoms with van der Waals surface area (Å²) < 4.78 is 0. The quantitative estimate of drug-likeness (QED) is 0.169. The fourth-order valence-corrected chi connectivity index (χ4v) is 2.47. The fraction of sp³-hybridized carbons (Fsp3) is 0.818. The van der Waals surface area contributed by atoms with Crippen molar-refractivity contribution in [1.82, 2.24) is 0 Å². The lowest BCUT2D eigenvalue weighted by Gasteiger charge is -2.02. The van der Waals surface area contributed by atoms with E-state index in [0.717, 1.165) is 37.4 Å². The Labute approximate surface area is 151 Å². The van der Waals surface area contributed by atoms with Crippen molar-refractivity contribution >= 4 is 12.6 Å². The Hall–Kier alpha value is -0.920. The van der Waals surface area contributed by atoms with E-state index in [-0.39, 0.29) is 0 Å². The highest BCUT2D eigenvalue weighted by Gasteiger charge is 1.96. The molecule has 2 nitrogen and oxygen atoms in total. The minimum Gasteiger partial charge on any atom is -0.303 e. The average molecular weight is 339 g/mol. The predicted molar refractivity (Wildman–Crippen MR) is 106 cm³/mol. The zero-order chi connectivity index (χ0) is 18.3. The highest BCUT2D eigenvalue weighted by molar-refractivity contribution is 5.72. The van der Waals surface area contributed by atoms with E-state index in [9.17, 15) is 9.59 Å². The van der Waals surface area contributed by atoms with Gasteiger partial charge in [0.15, 0.2) is 0 Å². The van der Waals surface area contributed by atoms with Crippen molar-refractivity contribution in [3.63, 3.8) is 0 Å². The van der Waals surface area contributed by atoms with Crippen LogP contribution in [0.5, 0.6) is 0 Å². The van der Waals surface area contributed by atoms with Crippen LogP contribution >= 0.6 is 0 Å². The van der Waals surface area contributed by atoms with Crippen molar-refractivity contribution < 1.29 is 9.59 Å². The molecule has 0 fully saturated rings. The molecular formula is C22H42O2. The van der Waals surface area contributed by atoms with E-state index in [1.165, 1.54) is 70.6 Å². The smallest absolute Gasteiger partial charge is 0.145 e. The summed E-state index contributed by atoms with van der Waals surface area (Å²) in [6.45, 7) is 6.47. The topological polar surface area (TPSA) is 34.1 Å². The van der Waals surface area contributed by atoms with Gasteiger partial charge in [0.2, 0.25) is 0 Å². The highest BCUT2D eigenvalue weighted by Crippen LogP contribution is 2.12. The zero-order valence-electron chi connectivity index (χ0n) is 16.7. The minimum absolute atomic E-state index is 0.708. The van der Waals surface area contributed by atoms with Gasteiger partial charge >= 0.3 is 0 Å². The molecule has 0 heterocycles. The van der Waals surface area contributed by atoms with Gasteiger partial charge in [0.25, 0.3) is 0 Å². The van der Waals surface area contributed by atoms with E-state index in [2.05, 4.69) is 19.9 Å². The van der Waals surface area contributed by atoms with Crippen LogP contribution in [0.15, 0.2) is 11.6 Å². The summed E-state index contributed by atoms with van der Waals surface area (Å²) in [6, 6.07) is 0. The third-order valence-electron chi connectivity index (χ3n) is 4.09. The summed E-state index contributed by atoms with van der Waals surface area (Å²) in [5, 5.41) is 0. The fourth-order valence-electron chi connectivity index (χ4n) is 2.47. The number of hydrogen-bond donors (Lipinski definition) is 0. The maximum absolute atomic E-state index is 11.0. The molecule has 2 heteroatoms. The second-order valence-corrected chi connectivity index (χ2v) is 6.57. The van der Waals surface area contributed by atoms with Crippen LogP contribution in [0, 0.1) is 0 Å². The molecule has 0 N–H and O–H groups in total. The lowest BCUT2D eigenvalue weighted by Crippen LogP contribution is -1.87. The van der Waals surface area contributed by atoms with Crippen molar-refractivity contribution in [1.29, 1.82) is 0 Å². The summed E-state index contributed by atoms with van der Waals surface area (Å²) in [5.41, 5.74) is 1.03. The summed E-state index contributed by atoms with van der Waals surface area (Å²) >= 11 is 0. The lowest BCUT2D eigenvalue weighted by atomic mass is 10.0. The van der Waals surface area contributed by atoms with Gasteiger partial charge in [0.1, 0.15) is 12.6 Å². The molecule has 0 saturated heterocycles. The van der Waals surface area contributed by atoms with Gasteiger partial charge in [0.05, 0.1) is 0 Å². The summed E-state index contributed by atoms with van der Waals surface area (Å²) in [7, 11) is 0. The lowest BCUT2D eigenvalue weighted by molar-refractivity contribution is -0.108. The number of hydrogen-bond acceptors (Lipinski definition) is 2. The van der Waals surface area contributed by atoms with Crippen LogP contribution in [0.1, 0.15) is 117 Å². The molecular weight excluding hydrogens is 296 g/mol. The molecule has 142 valence electrons. The first-order chi connectivity index (χ1) is 11.8. The molecule has 0 saturated carbocycles. The molecule has 0 aromatic rings. The Kier molecular flexibility index (Phi) is 25.7. The normalized spacial score (nSPS) is 10.9. The Morgan fingerprint density at radius 1 is 0.625 bits per heavy atom. The van der Waals surface area contributed by atoms with Crippen LogP contribution in [-0.4, -0.2) is 12.6 Å². The zero-order valence-corrected chi connectivity index (χ0v) is 16.7. The predicted octanol–water partition coefficient (Wildman–Crippen LogP) is 7.21. The summed E-state index contributed by atoms with van der Waals surface area (Å²) in [4.78, 5) is 20.4. The van der Waals surface area contributed by atoms with Gasteiger partial charge in [-0.05, 0) is 37.7 Å². The first-order valence-corrected chi connectivity index (χ1v) is 10.3. The van der Waals surface area contributed by atoms with E-state index in [1.807, 2.05) is 6.92 Å². The van der Waals surface area contributed by atoms with Gasteiger partial charge < -0.3 is 4.79 Å². The first kappa shape index (κ1) is 25.3. The number of carbonyl (C=O) groups is 2. The molecule has 0 amide bonds. The van der Waals surface area contributed by atoms with Gasteiger partial charge in [-0.25, -0.2) is 0 Å². The SMILES string of the molecule is CCCC=O.CCCCCCC/C=C(/C=O)CCCCCCCC. The molecule has 0 unspecified atom stereocenters. The van der Waals surface area contributed by atoms with Gasteiger partial charge in [0, 0.05) is 6.42 Å². The number of carbonyl (C=O) groups excluding carboxylic acids is 2. The largest absolute Gasteiger partial charge is 0.303 e. The first-order valence-electron chi connectivity index (χ1n) is 10.3. The summed E-state index contributed by atoms with van der Waals surface area (Å²) in [6.07, 6.45) is 22.3. The molecule has 0 spiro atoms. The van der Waals surface area contributed by atoms with Crippen molar-refractivity contribution in [2.45, 2.75) is 117 Å². The maximum atomic E-state index is 11.0. The van der Waals surface area contributed by atoms with E-state index >= 15 is 0 Å². The molecule has 0 aromatic heterocycles. The van der Waals surface area contributed by atoms with Crippen molar-refractivity contribution in [2.24, 2.45) is 0 Å². The van der Waals surface area contributed by atoms with Crippen molar-refractivity contribution in [3.05, 3.63) is 11.6 Å². The second-order valence-electron chi connectivity index (χ2n) is 6.57. The Morgan fingerprint density at radius 3 is 1.62 bits per heavy atom. The maximum Gasteiger partial charge on any atom is 0.145 e. The molecule has 0 radical (unpaired) electrons. The molecule has 0 rings (SSSR count). The van der Waals surface area contributed by atoms with E-state index < -0.39 is 0 Å². The molecule has 0 aliphatic carbocycles. The van der Waals surface area contributed by atoms with Gasteiger partial charge in [-0.3, -0.25) is 4.79 Å². The Morgan fingerprint density at radius 2 is 1.17 bits per heavy atom.